The molecule has 112 valence electrons. The van der Waals surface area contributed by atoms with E-state index < -0.39 is 18.1 Å². The quantitative estimate of drug-likeness (QED) is 0.773. The molecule has 0 amide bonds. The van der Waals surface area contributed by atoms with E-state index in [9.17, 15) is 18.0 Å². The van der Waals surface area contributed by atoms with Crippen LogP contribution in [0.25, 0.3) is 0 Å². The van der Waals surface area contributed by atoms with Crippen LogP contribution in [-0.2, 0) is 9.59 Å². The van der Waals surface area contributed by atoms with Crippen molar-refractivity contribution in [3.05, 3.63) is 35.7 Å². The lowest BCUT2D eigenvalue weighted by atomic mass is 9.97. The van der Waals surface area contributed by atoms with Crippen molar-refractivity contribution in [3.63, 3.8) is 0 Å². The van der Waals surface area contributed by atoms with Crippen LogP contribution in [0, 0.1) is 0 Å². The molecule has 6 nitrogen and oxygen atoms in total. The normalized spacial score (nSPS) is 16.4. The fourth-order valence-electron chi connectivity index (χ4n) is 1.30. The van der Waals surface area contributed by atoms with Crippen LogP contribution in [0.5, 0.6) is 0 Å². The molecule has 0 spiro atoms. The van der Waals surface area contributed by atoms with Crippen molar-refractivity contribution in [2.24, 2.45) is 9.98 Å². The van der Waals surface area contributed by atoms with Crippen molar-refractivity contribution in [2.75, 3.05) is 0 Å². The van der Waals surface area contributed by atoms with Crippen molar-refractivity contribution in [1.82, 2.24) is 0 Å². The van der Waals surface area contributed by atoms with E-state index in [0.29, 0.717) is 12.0 Å². The second-order valence-electron chi connectivity index (χ2n) is 3.75. The van der Waals surface area contributed by atoms with Gasteiger partial charge < -0.3 is 10.2 Å². The summed E-state index contributed by atoms with van der Waals surface area (Å²) in [5.41, 5.74) is 1.98. The number of carboxylic acids is 2. The third kappa shape index (κ3) is 5.05. The molecule has 0 aromatic rings. The Kier molecular flexibility index (Phi) is 5.17. The van der Waals surface area contributed by atoms with Gasteiger partial charge in [-0.3, -0.25) is 9.98 Å². The summed E-state index contributed by atoms with van der Waals surface area (Å²) < 4.78 is 31.7. The van der Waals surface area contributed by atoms with Crippen LogP contribution < -0.4 is 0 Å². The van der Waals surface area contributed by atoms with Gasteiger partial charge in [-0.15, -0.1) is 0 Å². The van der Waals surface area contributed by atoms with E-state index in [4.69, 9.17) is 15.0 Å². The molecule has 1 heterocycles. The topological polar surface area (TPSA) is 99.3 Å². The maximum absolute atomic E-state index is 10.7. The molecule has 0 aromatic carbocycles. The summed E-state index contributed by atoms with van der Waals surface area (Å²) in [4.78, 5) is 27.7. The Morgan fingerprint density at radius 1 is 1.14 bits per heavy atom. The van der Waals surface area contributed by atoms with Crippen molar-refractivity contribution >= 4 is 23.9 Å². The Labute approximate surface area is 116 Å². The molecule has 0 saturated heterocycles. The van der Waals surface area contributed by atoms with E-state index in [1.54, 1.807) is 30.8 Å². The second-order valence-corrected chi connectivity index (χ2v) is 3.75. The Hall–Kier alpha value is -2.71. The largest absolute Gasteiger partial charge is 0.490 e. The standard InChI is InChI=1S/C10H8N2O2.C2HF3O2/c13-10(14)7-1-2-8-6-11-3-4-12-9(8)5-7;3-2(4,5)1(6)7/h1-4,6H,5H2,(H,13,14);(H,6,7). The molecule has 1 aliphatic carbocycles. The van der Waals surface area contributed by atoms with Crippen LogP contribution in [0.1, 0.15) is 6.42 Å². The monoisotopic (exact) mass is 302 g/mol. The van der Waals surface area contributed by atoms with Crippen LogP contribution in [0.15, 0.2) is 45.7 Å². The number of aliphatic carboxylic acids is 2. The summed E-state index contributed by atoms with van der Waals surface area (Å²) in [6.07, 6.45) is 3.41. The third-order valence-corrected chi connectivity index (χ3v) is 2.27. The van der Waals surface area contributed by atoms with Crippen molar-refractivity contribution in [3.8, 4) is 0 Å². The number of alkyl halides is 3. The van der Waals surface area contributed by atoms with Gasteiger partial charge in [0.05, 0.1) is 5.71 Å². The first-order valence-electron chi connectivity index (χ1n) is 5.41. The van der Waals surface area contributed by atoms with Gasteiger partial charge in [0, 0.05) is 36.2 Å². The number of carbonyl (C=O) groups is 2. The highest BCUT2D eigenvalue weighted by atomic mass is 19.4. The molecule has 1 aliphatic heterocycles. The van der Waals surface area contributed by atoms with Gasteiger partial charge in [0.1, 0.15) is 0 Å². The molecule has 0 fully saturated rings. The summed E-state index contributed by atoms with van der Waals surface area (Å²) in [5.74, 6) is -3.65. The molecule has 0 aromatic heterocycles. The highest BCUT2D eigenvalue weighted by molar-refractivity contribution is 6.20. The first kappa shape index (κ1) is 16.3. The third-order valence-electron chi connectivity index (χ3n) is 2.27. The smallest absolute Gasteiger partial charge is 0.478 e. The van der Waals surface area contributed by atoms with E-state index in [0.717, 1.165) is 11.3 Å². The van der Waals surface area contributed by atoms with Gasteiger partial charge in [-0.2, -0.15) is 13.2 Å². The number of allylic oxidation sites excluding steroid dienone is 3. The fraction of sp³-hybridized carbons (Fsp3) is 0.167. The van der Waals surface area contributed by atoms with Crippen molar-refractivity contribution in [2.45, 2.75) is 12.6 Å². The lowest BCUT2D eigenvalue weighted by molar-refractivity contribution is -0.192. The highest BCUT2D eigenvalue weighted by Gasteiger charge is 2.38. The highest BCUT2D eigenvalue weighted by Crippen LogP contribution is 2.17. The number of nitrogens with zero attached hydrogens (tertiary/aromatic N) is 2. The van der Waals surface area contributed by atoms with Crippen LogP contribution in [0.3, 0.4) is 0 Å². The minimum Gasteiger partial charge on any atom is -0.478 e. The number of carboxylic acid groups (broad SMARTS) is 2. The Balaban J connectivity index is 0.000000270. The minimum absolute atomic E-state index is 0.358. The number of rotatable bonds is 1. The average molecular weight is 302 g/mol. The summed E-state index contributed by atoms with van der Waals surface area (Å²) in [6, 6.07) is 0. The van der Waals surface area contributed by atoms with E-state index in [-0.39, 0.29) is 0 Å². The van der Waals surface area contributed by atoms with Gasteiger partial charge in [-0.05, 0) is 0 Å². The van der Waals surface area contributed by atoms with Crippen LogP contribution in [-0.4, -0.2) is 40.3 Å². The molecule has 0 unspecified atom stereocenters. The van der Waals surface area contributed by atoms with E-state index in [1.165, 1.54) is 0 Å². The van der Waals surface area contributed by atoms with E-state index in [1.807, 2.05) is 0 Å². The summed E-state index contributed by atoms with van der Waals surface area (Å²) in [6.45, 7) is 0. The Bertz CT molecular complexity index is 598. The van der Waals surface area contributed by atoms with Gasteiger partial charge in [0.25, 0.3) is 0 Å². The molecule has 21 heavy (non-hydrogen) atoms. The SMILES string of the molecule is O=C(O)C(F)(F)F.O=C(O)C1=CC=C2C=NC=CN=C2C1. The van der Waals surface area contributed by atoms with Crippen LogP contribution in [0.4, 0.5) is 13.2 Å². The maximum atomic E-state index is 10.7. The maximum Gasteiger partial charge on any atom is 0.490 e. The molecule has 2 aliphatic rings. The average Bonchev–Trinajstić information content (AvgIpc) is 2.62. The van der Waals surface area contributed by atoms with Gasteiger partial charge in [0.2, 0.25) is 0 Å². The van der Waals surface area contributed by atoms with Crippen molar-refractivity contribution in [1.29, 1.82) is 0 Å². The Morgan fingerprint density at radius 3 is 2.29 bits per heavy atom. The molecule has 0 radical (unpaired) electrons. The first-order valence-corrected chi connectivity index (χ1v) is 5.41. The van der Waals surface area contributed by atoms with Gasteiger partial charge >= 0.3 is 18.1 Å². The zero-order chi connectivity index (χ0) is 16.0. The molecule has 0 saturated carbocycles. The number of aliphatic imine (C=N–C) groups is 2. The zero-order valence-corrected chi connectivity index (χ0v) is 10.3. The lowest BCUT2D eigenvalue weighted by Gasteiger charge is -2.10. The molecule has 0 atom stereocenters. The van der Waals surface area contributed by atoms with Gasteiger partial charge in [-0.1, -0.05) is 12.2 Å². The molecule has 0 bridgehead atoms. The fourth-order valence-corrected chi connectivity index (χ4v) is 1.30. The van der Waals surface area contributed by atoms with E-state index in [2.05, 4.69) is 9.98 Å². The number of hydrogen-bond donors (Lipinski definition) is 2. The molecular formula is C12H9F3N2O4. The van der Waals surface area contributed by atoms with Crippen LogP contribution in [0.2, 0.25) is 0 Å². The first-order chi connectivity index (χ1) is 9.71. The number of fused-ring (bicyclic) bond motifs is 1. The summed E-state index contributed by atoms with van der Waals surface area (Å²) in [7, 11) is 0. The molecule has 2 rings (SSSR count). The molecule has 9 heteroatoms. The summed E-state index contributed by atoms with van der Waals surface area (Å²) >= 11 is 0. The lowest BCUT2D eigenvalue weighted by Crippen LogP contribution is -2.21. The zero-order valence-electron chi connectivity index (χ0n) is 10.3. The van der Waals surface area contributed by atoms with Gasteiger partial charge in [0.15, 0.2) is 0 Å². The second kappa shape index (κ2) is 6.64. The summed E-state index contributed by atoms with van der Waals surface area (Å²) in [5, 5.41) is 15.9. The Morgan fingerprint density at radius 2 is 1.76 bits per heavy atom. The predicted octanol–water partition coefficient (Wildman–Crippen LogP) is 1.96. The van der Waals surface area contributed by atoms with Gasteiger partial charge in [-0.25, -0.2) is 9.59 Å². The number of hydrogen-bond acceptors (Lipinski definition) is 4. The van der Waals surface area contributed by atoms with Crippen molar-refractivity contribution < 1.29 is 33.0 Å². The van der Waals surface area contributed by atoms with Crippen LogP contribution >= 0.6 is 0 Å². The van der Waals surface area contributed by atoms with E-state index >= 15 is 0 Å². The number of halogens is 3. The molecular weight excluding hydrogens is 293 g/mol. The molecule has 2 N–H and O–H groups in total. The predicted molar refractivity (Wildman–Crippen MR) is 67.2 cm³/mol. The minimum atomic E-state index is -5.08.